The quantitative estimate of drug-likeness (QED) is 0.649. The van der Waals surface area contributed by atoms with Crippen LogP contribution in [0.5, 0.6) is 0 Å². The molecule has 0 atom stereocenters. The van der Waals surface area contributed by atoms with E-state index in [1.54, 1.807) is 10.9 Å². The summed E-state index contributed by atoms with van der Waals surface area (Å²) in [5, 5.41) is 7.05. The van der Waals surface area contributed by atoms with Crippen molar-refractivity contribution in [2.75, 3.05) is 24.7 Å². The summed E-state index contributed by atoms with van der Waals surface area (Å²) in [5.41, 5.74) is 7.05. The summed E-state index contributed by atoms with van der Waals surface area (Å²) in [4.78, 5) is 11.5. The van der Waals surface area contributed by atoms with E-state index in [-0.39, 0.29) is 16.9 Å². The molecule has 7 heteroatoms. The molecule has 21 heavy (non-hydrogen) atoms. The van der Waals surface area contributed by atoms with Gasteiger partial charge in [-0.3, -0.25) is 4.68 Å². The predicted molar refractivity (Wildman–Crippen MR) is 77.6 cm³/mol. The first-order valence-electron chi connectivity index (χ1n) is 6.41. The third-order valence-electron chi connectivity index (χ3n) is 2.96. The van der Waals surface area contributed by atoms with Crippen LogP contribution in [-0.2, 0) is 11.3 Å². The molecule has 0 amide bonds. The fourth-order valence-electron chi connectivity index (χ4n) is 1.91. The number of ether oxygens (including phenoxy) is 1. The molecule has 2 aromatic rings. The van der Waals surface area contributed by atoms with E-state index in [4.69, 9.17) is 5.73 Å². The summed E-state index contributed by atoms with van der Waals surface area (Å²) >= 11 is 0. The van der Waals surface area contributed by atoms with Crippen LogP contribution in [0.15, 0.2) is 24.5 Å². The highest BCUT2D eigenvalue weighted by Crippen LogP contribution is 2.22. The number of carbonyl (C=O) groups is 1. The van der Waals surface area contributed by atoms with Gasteiger partial charge in [0, 0.05) is 18.4 Å². The van der Waals surface area contributed by atoms with Crippen molar-refractivity contribution in [3.8, 4) is 0 Å². The Hall–Kier alpha value is -2.57. The zero-order valence-corrected chi connectivity index (χ0v) is 11.9. The molecule has 0 saturated heterocycles. The summed E-state index contributed by atoms with van der Waals surface area (Å²) in [6.07, 6.45) is 3.64. The summed E-state index contributed by atoms with van der Waals surface area (Å²) in [5.74, 6) is -1.12. The Morgan fingerprint density at radius 3 is 2.90 bits per heavy atom. The normalized spacial score (nSPS) is 10.4. The van der Waals surface area contributed by atoms with Gasteiger partial charge in [0.15, 0.2) is 0 Å². The molecular formula is C14H17FN4O2. The third kappa shape index (κ3) is 3.50. The molecular weight excluding hydrogens is 275 g/mol. The van der Waals surface area contributed by atoms with Crippen molar-refractivity contribution in [3.63, 3.8) is 0 Å². The topological polar surface area (TPSA) is 82.2 Å². The number of nitrogens with zero attached hydrogens (tertiary/aromatic N) is 2. The summed E-state index contributed by atoms with van der Waals surface area (Å²) in [6, 6.07) is 2.46. The summed E-state index contributed by atoms with van der Waals surface area (Å²) in [7, 11) is 1.25. The van der Waals surface area contributed by atoms with Gasteiger partial charge in [-0.1, -0.05) is 0 Å². The van der Waals surface area contributed by atoms with Gasteiger partial charge in [-0.25, -0.2) is 9.18 Å². The highest BCUT2D eigenvalue weighted by Gasteiger charge is 2.14. The Bertz CT molecular complexity index is 654. The van der Waals surface area contributed by atoms with Gasteiger partial charge in [0.1, 0.15) is 5.82 Å². The van der Waals surface area contributed by atoms with E-state index < -0.39 is 11.8 Å². The molecule has 0 bridgehead atoms. The maximum Gasteiger partial charge on any atom is 0.340 e. The molecule has 1 aromatic carbocycles. The van der Waals surface area contributed by atoms with Gasteiger partial charge in [-0.2, -0.15) is 5.10 Å². The van der Waals surface area contributed by atoms with Crippen molar-refractivity contribution in [2.45, 2.75) is 13.5 Å². The molecule has 0 aliphatic carbocycles. The highest BCUT2D eigenvalue weighted by atomic mass is 19.1. The number of aromatic nitrogens is 2. The van der Waals surface area contributed by atoms with Crippen molar-refractivity contribution in [3.05, 3.63) is 41.5 Å². The molecule has 3 N–H and O–H groups in total. The molecule has 0 fully saturated rings. The fourth-order valence-corrected chi connectivity index (χ4v) is 1.91. The lowest BCUT2D eigenvalue weighted by atomic mass is 10.1. The van der Waals surface area contributed by atoms with Crippen LogP contribution in [0.3, 0.4) is 0 Å². The Morgan fingerprint density at radius 2 is 2.29 bits per heavy atom. The number of rotatable bonds is 5. The van der Waals surface area contributed by atoms with Crippen molar-refractivity contribution in [1.29, 1.82) is 0 Å². The molecule has 112 valence electrons. The van der Waals surface area contributed by atoms with Crippen LogP contribution < -0.4 is 11.1 Å². The number of esters is 1. The van der Waals surface area contributed by atoms with E-state index in [2.05, 4.69) is 15.2 Å². The van der Waals surface area contributed by atoms with Gasteiger partial charge in [-0.05, 0) is 24.6 Å². The maximum atomic E-state index is 13.8. The number of nitrogens with two attached hydrogens (primary N) is 1. The minimum atomic E-state index is -0.599. The molecule has 1 heterocycles. The Labute approximate surface area is 121 Å². The predicted octanol–water partition coefficient (Wildman–Crippen LogP) is 1.81. The number of hydrogen-bond donors (Lipinski definition) is 2. The fraction of sp³-hybridized carbons (Fsp3) is 0.286. The Balaban J connectivity index is 2.07. The smallest absolute Gasteiger partial charge is 0.340 e. The average Bonchev–Trinajstić information content (AvgIpc) is 2.86. The molecule has 0 radical (unpaired) electrons. The van der Waals surface area contributed by atoms with E-state index in [1.807, 2.05) is 13.1 Å². The van der Waals surface area contributed by atoms with Gasteiger partial charge in [-0.15, -0.1) is 0 Å². The molecule has 2 rings (SSSR count). The number of carbonyl (C=O) groups excluding carboxylic acids is 1. The minimum Gasteiger partial charge on any atom is -0.465 e. The number of halogens is 1. The monoisotopic (exact) mass is 292 g/mol. The third-order valence-corrected chi connectivity index (χ3v) is 2.96. The molecule has 6 nitrogen and oxygen atoms in total. The summed E-state index contributed by atoms with van der Waals surface area (Å²) < 4.78 is 20.2. The van der Waals surface area contributed by atoms with Crippen LogP contribution >= 0.6 is 0 Å². The maximum absolute atomic E-state index is 13.8. The number of nitrogen functional groups attached to an aromatic ring is 1. The number of nitrogens with one attached hydrogen (secondary N) is 1. The molecule has 0 aliphatic heterocycles. The van der Waals surface area contributed by atoms with Gasteiger partial charge in [0.2, 0.25) is 0 Å². The molecule has 0 saturated carbocycles. The lowest BCUT2D eigenvalue weighted by Crippen LogP contribution is -2.13. The first kappa shape index (κ1) is 14.8. The van der Waals surface area contributed by atoms with E-state index in [0.29, 0.717) is 13.1 Å². The van der Waals surface area contributed by atoms with E-state index >= 15 is 0 Å². The zero-order valence-electron chi connectivity index (χ0n) is 11.9. The van der Waals surface area contributed by atoms with Crippen molar-refractivity contribution < 1.29 is 13.9 Å². The van der Waals surface area contributed by atoms with Crippen LogP contribution in [0.2, 0.25) is 0 Å². The second-order valence-corrected chi connectivity index (χ2v) is 4.62. The van der Waals surface area contributed by atoms with E-state index in [0.717, 1.165) is 11.6 Å². The lowest BCUT2D eigenvalue weighted by molar-refractivity contribution is 0.0602. The average molecular weight is 292 g/mol. The van der Waals surface area contributed by atoms with Crippen LogP contribution in [0.1, 0.15) is 15.9 Å². The van der Waals surface area contributed by atoms with Gasteiger partial charge in [0.05, 0.1) is 31.1 Å². The van der Waals surface area contributed by atoms with Crippen LogP contribution in [-0.4, -0.2) is 29.4 Å². The Morgan fingerprint density at radius 1 is 1.52 bits per heavy atom. The van der Waals surface area contributed by atoms with Crippen LogP contribution in [0.4, 0.5) is 15.8 Å². The number of anilines is 2. The van der Waals surface area contributed by atoms with E-state index in [1.165, 1.54) is 13.2 Å². The Kier molecular flexibility index (Phi) is 4.42. The number of benzene rings is 1. The number of hydrogen-bond acceptors (Lipinski definition) is 5. The summed E-state index contributed by atoms with van der Waals surface area (Å²) in [6.45, 7) is 2.98. The van der Waals surface area contributed by atoms with Gasteiger partial charge in [0.25, 0.3) is 0 Å². The van der Waals surface area contributed by atoms with Crippen molar-refractivity contribution in [2.24, 2.45) is 0 Å². The van der Waals surface area contributed by atoms with Crippen LogP contribution in [0, 0.1) is 12.7 Å². The number of methoxy groups -OCH3 is 1. The standard InChI is InChI=1S/C14H17FN4O2/c1-9-7-18-19(8-9)4-3-17-13-5-10(14(20)21-2)12(16)6-11(13)15/h5-8,17H,3-4,16H2,1-2H3. The molecule has 0 aliphatic rings. The highest BCUT2D eigenvalue weighted by molar-refractivity contribution is 5.96. The van der Waals surface area contributed by atoms with Crippen molar-refractivity contribution in [1.82, 2.24) is 9.78 Å². The largest absolute Gasteiger partial charge is 0.465 e. The SMILES string of the molecule is COC(=O)c1cc(NCCn2cc(C)cn2)c(F)cc1N. The molecule has 0 unspecified atom stereocenters. The number of aryl methyl sites for hydroxylation is 1. The second kappa shape index (κ2) is 6.25. The van der Waals surface area contributed by atoms with Gasteiger partial charge < -0.3 is 15.8 Å². The molecule has 0 spiro atoms. The van der Waals surface area contributed by atoms with Crippen molar-refractivity contribution >= 4 is 17.3 Å². The minimum absolute atomic E-state index is 0.0487. The second-order valence-electron chi connectivity index (χ2n) is 4.62. The van der Waals surface area contributed by atoms with Gasteiger partial charge >= 0.3 is 5.97 Å². The zero-order chi connectivity index (χ0) is 15.4. The first-order valence-corrected chi connectivity index (χ1v) is 6.41. The van der Waals surface area contributed by atoms with Crippen LogP contribution in [0.25, 0.3) is 0 Å². The van der Waals surface area contributed by atoms with E-state index in [9.17, 15) is 9.18 Å². The lowest BCUT2D eigenvalue weighted by Gasteiger charge is -2.11. The molecule has 1 aromatic heterocycles. The first-order chi connectivity index (χ1) is 10.0.